The molecule has 1 heterocycles. The SMILES string of the molecule is COC=CC1Cc2ccccc2N(C(=O)OC(C)(C)C)C1. The predicted octanol–water partition coefficient (Wildman–Crippen LogP) is 3.76. The van der Waals surface area contributed by atoms with Crippen molar-refractivity contribution in [2.45, 2.75) is 32.8 Å². The van der Waals surface area contributed by atoms with Crippen LogP contribution in [0.5, 0.6) is 0 Å². The highest BCUT2D eigenvalue weighted by atomic mass is 16.6. The number of amides is 1. The van der Waals surface area contributed by atoms with Crippen LogP contribution in [0.3, 0.4) is 0 Å². The Bertz CT molecular complexity index is 531. The quantitative estimate of drug-likeness (QED) is 0.778. The summed E-state index contributed by atoms with van der Waals surface area (Å²) in [4.78, 5) is 14.2. The van der Waals surface area contributed by atoms with E-state index >= 15 is 0 Å². The molecule has 0 saturated carbocycles. The van der Waals surface area contributed by atoms with Crippen LogP contribution in [-0.4, -0.2) is 25.3 Å². The Kier molecular flexibility index (Phi) is 4.56. The van der Waals surface area contributed by atoms with Crippen LogP contribution < -0.4 is 4.90 Å². The van der Waals surface area contributed by atoms with Crippen LogP contribution in [0.1, 0.15) is 26.3 Å². The van der Waals surface area contributed by atoms with Gasteiger partial charge < -0.3 is 9.47 Å². The van der Waals surface area contributed by atoms with Gasteiger partial charge in [-0.15, -0.1) is 0 Å². The predicted molar refractivity (Wildman–Crippen MR) is 83.4 cm³/mol. The van der Waals surface area contributed by atoms with Gasteiger partial charge in [-0.05, 0) is 44.9 Å². The van der Waals surface area contributed by atoms with Crippen molar-refractivity contribution >= 4 is 11.8 Å². The molecule has 1 unspecified atom stereocenters. The maximum absolute atomic E-state index is 12.4. The van der Waals surface area contributed by atoms with Crippen molar-refractivity contribution in [1.29, 1.82) is 0 Å². The van der Waals surface area contributed by atoms with Gasteiger partial charge >= 0.3 is 6.09 Å². The average molecular weight is 289 g/mol. The number of carbonyl (C=O) groups is 1. The van der Waals surface area contributed by atoms with E-state index in [9.17, 15) is 4.79 Å². The van der Waals surface area contributed by atoms with Gasteiger partial charge in [0, 0.05) is 12.5 Å². The highest BCUT2D eigenvalue weighted by Crippen LogP contribution is 2.31. The lowest BCUT2D eigenvalue weighted by molar-refractivity contribution is 0.0574. The molecule has 1 amide bonds. The topological polar surface area (TPSA) is 38.8 Å². The van der Waals surface area contributed by atoms with Gasteiger partial charge in [0.2, 0.25) is 0 Å². The molecule has 0 saturated heterocycles. The number of hydrogen-bond acceptors (Lipinski definition) is 3. The molecular weight excluding hydrogens is 266 g/mol. The van der Waals surface area contributed by atoms with Crippen molar-refractivity contribution in [3.05, 3.63) is 42.2 Å². The standard InChI is InChI=1S/C17H23NO3/c1-17(2,3)21-16(19)18-12-13(9-10-20-4)11-14-7-5-6-8-15(14)18/h5-10,13H,11-12H2,1-4H3. The molecule has 2 rings (SSSR count). The Morgan fingerprint density at radius 2 is 2.05 bits per heavy atom. The first kappa shape index (κ1) is 15.4. The van der Waals surface area contributed by atoms with E-state index < -0.39 is 5.60 Å². The molecule has 0 aromatic heterocycles. The molecule has 0 radical (unpaired) electrons. The number of benzene rings is 1. The second kappa shape index (κ2) is 6.20. The lowest BCUT2D eigenvalue weighted by Crippen LogP contribution is -2.42. The van der Waals surface area contributed by atoms with E-state index in [1.807, 2.05) is 45.0 Å². The lowest BCUT2D eigenvalue weighted by Gasteiger charge is -2.34. The number of rotatable bonds is 2. The average Bonchev–Trinajstić information content (AvgIpc) is 2.42. The fraction of sp³-hybridized carbons (Fsp3) is 0.471. The fourth-order valence-corrected chi connectivity index (χ4v) is 2.44. The summed E-state index contributed by atoms with van der Waals surface area (Å²) in [6.07, 6.45) is 4.26. The summed E-state index contributed by atoms with van der Waals surface area (Å²) in [5.74, 6) is 0.229. The zero-order chi connectivity index (χ0) is 15.5. The summed E-state index contributed by atoms with van der Waals surface area (Å²) < 4.78 is 10.5. The first-order chi connectivity index (χ1) is 9.90. The van der Waals surface area contributed by atoms with Gasteiger partial charge in [-0.3, -0.25) is 4.90 Å². The molecule has 21 heavy (non-hydrogen) atoms. The highest BCUT2D eigenvalue weighted by Gasteiger charge is 2.30. The molecule has 0 aliphatic carbocycles. The minimum absolute atomic E-state index is 0.229. The maximum Gasteiger partial charge on any atom is 0.414 e. The number of carbonyl (C=O) groups excluding carboxylic acids is 1. The van der Waals surface area contributed by atoms with E-state index in [2.05, 4.69) is 6.07 Å². The van der Waals surface area contributed by atoms with Gasteiger partial charge in [0.15, 0.2) is 0 Å². The van der Waals surface area contributed by atoms with E-state index in [0.717, 1.165) is 17.7 Å². The molecule has 4 nitrogen and oxygen atoms in total. The van der Waals surface area contributed by atoms with Crippen molar-refractivity contribution in [3.63, 3.8) is 0 Å². The molecule has 0 N–H and O–H groups in total. The summed E-state index contributed by atoms with van der Waals surface area (Å²) in [5.41, 5.74) is 1.59. The monoisotopic (exact) mass is 289 g/mol. The molecule has 1 aromatic carbocycles. The van der Waals surface area contributed by atoms with Gasteiger partial charge in [-0.25, -0.2) is 4.79 Å². The third kappa shape index (κ3) is 4.00. The van der Waals surface area contributed by atoms with Crippen LogP contribution >= 0.6 is 0 Å². The minimum atomic E-state index is -0.499. The normalized spacial score (nSPS) is 18.5. The Labute approximate surface area is 126 Å². The number of para-hydroxylation sites is 1. The Hall–Kier alpha value is -1.97. The third-order valence-corrected chi connectivity index (χ3v) is 3.28. The zero-order valence-electron chi connectivity index (χ0n) is 13.1. The number of fused-ring (bicyclic) bond motifs is 1. The van der Waals surface area contributed by atoms with Crippen molar-refractivity contribution < 1.29 is 14.3 Å². The highest BCUT2D eigenvalue weighted by molar-refractivity contribution is 5.89. The Morgan fingerprint density at radius 1 is 1.33 bits per heavy atom. The number of anilines is 1. The van der Waals surface area contributed by atoms with Crippen LogP contribution in [0.25, 0.3) is 0 Å². The fourth-order valence-electron chi connectivity index (χ4n) is 2.44. The first-order valence-electron chi connectivity index (χ1n) is 7.18. The second-order valence-corrected chi connectivity index (χ2v) is 6.25. The van der Waals surface area contributed by atoms with Gasteiger partial charge in [0.25, 0.3) is 0 Å². The van der Waals surface area contributed by atoms with Crippen molar-refractivity contribution in [2.24, 2.45) is 5.92 Å². The molecule has 1 aliphatic heterocycles. The van der Waals surface area contributed by atoms with E-state index in [-0.39, 0.29) is 12.0 Å². The summed E-state index contributed by atoms with van der Waals surface area (Å²) in [6.45, 7) is 6.24. The molecule has 0 fully saturated rings. The number of nitrogens with zero attached hydrogens (tertiary/aromatic N) is 1. The molecule has 4 heteroatoms. The third-order valence-electron chi connectivity index (χ3n) is 3.28. The van der Waals surface area contributed by atoms with E-state index in [4.69, 9.17) is 9.47 Å². The second-order valence-electron chi connectivity index (χ2n) is 6.25. The molecule has 114 valence electrons. The van der Waals surface area contributed by atoms with Crippen LogP contribution in [0.15, 0.2) is 36.6 Å². The Balaban J connectivity index is 2.26. The van der Waals surface area contributed by atoms with Crippen LogP contribution in [0.2, 0.25) is 0 Å². The zero-order valence-corrected chi connectivity index (χ0v) is 13.1. The van der Waals surface area contributed by atoms with E-state index in [1.54, 1.807) is 18.3 Å². The van der Waals surface area contributed by atoms with E-state index in [0.29, 0.717) is 6.54 Å². The Morgan fingerprint density at radius 3 is 2.71 bits per heavy atom. The van der Waals surface area contributed by atoms with E-state index in [1.165, 1.54) is 0 Å². The van der Waals surface area contributed by atoms with Crippen LogP contribution in [0, 0.1) is 5.92 Å². The minimum Gasteiger partial charge on any atom is -0.505 e. The molecule has 0 bridgehead atoms. The number of hydrogen-bond donors (Lipinski definition) is 0. The maximum atomic E-state index is 12.4. The van der Waals surface area contributed by atoms with Crippen LogP contribution in [0.4, 0.5) is 10.5 Å². The largest absolute Gasteiger partial charge is 0.505 e. The van der Waals surface area contributed by atoms with Crippen molar-refractivity contribution in [2.75, 3.05) is 18.6 Å². The molecular formula is C17H23NO3. The first-order valence-corrected chi connectivity index (χ1v) is 7.18. The molecule has 1 aromatic rings. The van der Waals surface area contributed by atoms with Gasteiger partial charge in [-0.2, -0.15) is 0 Å². The summed E-state index contributed by atoms with van der Waals surface area (Å²) in [5, 5.41) is 0. The smallest absolute Gasteiger partial charge is 0.414 e. The number of ether oxygens (including phenoxy) is 2. The van der Waals surface area contributed by atoms with Gasteiger partial charge in [0.1, 0.15) is 5.60 Å². The molecule has 1 aliphatic rings. The van der Waals surface area contributed by atoms with Crippen LogP contribution in [-0.2, 0) is 15.9 Å². The molecule has 0 spiro atoms. The summed E-state index contributed by atoms with van der Waals surface area (Å²) in [7, 11) is 1.62. The summed E-state index contributed by atoms with van der Waals surface area (Å²) >= 11 is 0. The summed E-state index contributed by atoms with van der Waals surface area (Å²) in [6, 6.07) is 7.96. The van der Waals surface area contributed by atoms with Crippen molar-refractivity contribution in [1.82, 2.24) is 0 Å². The number of methoxy groups -OCH3 is 1. The lowest BCUT2D eigenvalue weighted by atomic mass is 9.93. The van der Waals surface area contributed by atoms with Crippen molar-refractivity contribution in [3.8, 4) is 0 Å². The molecule has 1 atom stereocenters. The van der Waals surface area contributed by atoms with Gasteiger partial charge in [0.05, 0.1) is 19.1 Å². The van der Waals surface area contributed by atoms with Gasteiger partial charge in [-0.1, -0.05) is 18.2 Å².